The average Bonchev–Trinajstić information content (AvgIpc) is 3.01. The Hall–Kier alpha value is 0.716. The van der Waals surface area contributed by atoms with Crippen molar-refractivity contribution in [3.8, 4) is 0 Å². The number of nitrogens with zero attached hydrogens (tertiary/aromatic N) is 1. The Labute approximate surface area is 386 Å². The fourth-order valence-electron chi connectivity index (χ4n) is 6.36. The standard InChI is InChI=1S/C13H23NO6.C12H22N2O4.C9H18O3.3U/c1-7(16)5-10(17)14-11-8(2)9(3)20-13(19-6-15)12(11)18-4;1-6-10(14-8(3)13)12(18-9(4)15)11(16-5)7(2)17-6;1-5-6(2)12-7(3)8(10)9(5)11-4;;;/h6-9,11-13,16H,5H2,1-4H3,(H,14,17);6-7,10-12H,1-5H3,(H2,13,14);5-10H,1-4H3;;;/t7-,8?,9-,11-,12+,13?;6-,7+,10-,11-,12?;5?,6-,7?,8-,9-;;;/m111.../s1. The van der Waals surface area contributed by atoms with E-state index in [-0.39, 0.29) is 178 Å². The van der Waals surface area contributed by atoms with Gasteiger partial charge in [-0.2, -0.15) is 0 Å². The van der Waals surface area contributed by atoms with Crippen molar-refractivity contribution in [2.24, 2.45) is 22.6 Å². The molecule has 0 radical (unpaired) electrons. The van der Waals surface area contributed by atoms with Crippen molar-refractivity contribution in [2.75, 3.05) is 21.3 Å². The number of hydrogen-bond donors (Lipinski definition) is 4. The van der Waals surface area contributed by atoms with Gasteiger partial charge in [-0.3, -0.25) is 19.4 Å². The molecule has 0 bridgehead atoms. The van der Waals surface area contributed by atoms with Gasteiger partial charge in [0.1, 0.15) is 24.4 Å². The molecule has 0 aromatic rings. The summed E-state index contributed by atoms with van der Waals surface area (Å²) in [5.74, 6) is 0.0127. The Morgan fingerprint density at radius 1 is 0.792 bits per heavy atom. The molecule has 3 heterocycles. The molecular formula is C34H63N3O13U3. The minimum Gasteiger partial charge on any atom is -0.457 e. The smallest absolute Gasteiger partial charge is 0.303 e. The number of aliphatic imine (C=N–C) groups is 1. The molecule has 16 atom stereocenters. The number of amidine groups is 1. The normalized spacial score (nSPS) is 37.1. The Morgan fingerprint density at radius 2 is 1.30 bits per heavy atom. The number of aliphatic hydroxyl groups excluding tert-OH is 2. The van der Waals surface area contributed by atoms with Crippen LogP contribution < -0.4 is 11.1 Å². The molecule has 1 amide bonds. The molecule has 19 heteroatoms. The van der Waals surface area contributed by atoms with Crippen LogP contribution in [0.4, 0.5) is 0 Å². The van der Waals surface area contributed by atoms with E-state index in [4.69, 9.17) is 43.6 Å². The zero-order valence-corrected chi connectivity index (χ0v) is 45.9. The molecule has 5 N–H and O–H groups in total. The van der Waals surface area contributed by atoms with Gasteiger partial charge in [-0.05, 0) is 48.5 Å². The summed E-state index contributed by atoms with van der Waals surface area (Å²) in [7, 11) is 4.66. The second kappa shape index (κ2) is 29.0. The van der Waals surface area contributed by atoms with Gasteiger partial charge in [0, 0.05) is 133 Å². The SMILES string of the molecule is CO[C@@H]1C(C)[C@@H](C)OC(C)[C@H]1O.CO[C@@H]1C(OC=O)O[C@H](C)C(C)[C@H]1NC(=O)C[C@@H](C)O.CO[C@H]1C(OC(C)=O)[C@H](N=C(C)N)[C@@H](C)O[C@H]1C.[U].[U].[U]. The largest absolute Gasteiger partial charge is 0.457 e. The van der Waals surface area contributed by atoms with Crippen LogP contribution >= 0.6 is 0 Å². The molecular weight excluding hydrogens is 1370 g/mol. The van der Waals surface area contributed by atoms with E-state index in [1.165, 1.54) is 14.0 Å². The summed E-state index contributed by atoms with van der Waals surface area (Å²) in [6.45, 7) is 18.4. The quantitative estimate of drug-likeness (QED) is 0.104. The molecule has 304 valence electrons. The molecule has 0 aromatic heterocycles. The van der Waals surface area contributed by atoms with E-state index < -0.39 is 30.7 Å². The second-order valence-corrected chi connectivity index (χ2v) is 13.3. The van der Waals surface area contributed by atoms with Crippen LogP contribution in [0.1, 0.15) is 75.7 Å². The number of nitrogens with one attached hydrogen (secondary N) is 1. The average molecular weight is 1440 g/mol. The Balaban J connectivity index is -0.000000707. The summed E-state index contributed by atoms with van der Waals surface area (Å²) in [4.78, 5) is 37.9. The van der Waals surface area contributed by atoms with Crippen molar-refractivity contribution >= 4 is 24.2 Å². The van der Waals surface area contributed by atoms with Gasteiger partial charge < -0.3 is 59.2 Å². The first-order chi connectivity index (χ1) is 23.3. The van der Waals surface area contributed by atoms with Crippen LogP contribution in [0.5, 0.6) is 0 Å². The Kier molecular flexibility index (Phi) is 31.8. The molecule has 3 aliphatic heterocycles. The summed E-state index contributed by atoms with van der Waals surface area (Å²) in [5.41, 5.74) is 5.61. The molecule has 16 nitrogen and oxygen atoms in total. The minimum atomic E-state index is -0.861. The van der Waals surface area contributed by atoms with Gasteiger partial charge in [-0.1, -0.05) is 13.8 Å². The van der Waals surface area contributed by atoms with Gasteiger partial charge in [-0.25, -0.2) is 0 Å². The molecule has 3 rings (SSSR count). The van der Waals surface area contributed by atoms with Crippen molar-refractivity contribution < 1.29 is 156 Å². The van der Waals surface area contributed by atoms with Crippen LogP contribution in [-0.4, -0.2) is 141 Å². The van der Waals surface area contributed by atoms with Crippen LogP contribution in [0, 0.1) is 105 Å². The third-order valence-electron chi connectivity index (χ3n) is 9.29. The third-order valence-corrected chi connectivity index (χ3v) is 9.29. The van der Waals surface area contributed by atoms with E-state index in [0.717, 1.165) is 0 Å². The number of carbonyl (C=O) groups is 3. The number of methoxy groups -OCH3 is 3. The van der Waals surface area contributed by atoms with Gasteiger partial charge in [0.15, 0.2) is 6.10 Å². The first-order valence-corrected chi connectivity index (χ1v) is 17.1. The van der Waals surface area contributed by atoms with Gasteiger partial charge in [0.25, 0.3) is 6.47 Å². The van der Waals surface area contributed by atoms with E-state index in [1.807, 2.05) is 48.5 Å². The Bertz CT molecular complexity index is 1060. The van der Waals surface area contributed by atoms with Crippen LogP contribution in [-0.2, 0) is 52.3 Å². The number of rotatable bonds is 10. The molecule has 0 spiro atoms. The maximum atomic E-state index is 11.8. The molecule has 3 aliphatic rings. The molecule has 0 aromatic carbocycles. The van der Waals surface area contributed by atoms with Crippen LogP contribution in [0.15, 0.2) is 4.99 Å². The number of amides is 1. The second-order valence-electron chi connectivity index (χ2n) is 13.3. The third kappa shape index (κ3) is 18.5. The first-order valence-electron chi connectivity index (χ1n) is 17.1. The van der Waals surface area contributed by atoms with E-state index in [9.17, 15) is 24.6 Å². The summed E-state index contributed by atoms with van der Waals surface area (Å²) in [6, 6.07) is -0.708. The van der Waals surface area contributed by atoms with Gasteiger partial charge in [0.05, 0.1) is 61.0 Å². The Morgan fingerprint density at radius 3 is 1.75 bits per heavy atom. The molecule has 3 fully saturated rings. The topological polar surface area (TPSA) is 216 Å². The predicted octanol–water partition coefficient (Wildman–Crippen LogP) is 1.10. The summed E-state index contributed by atoms with van der Waals surface area (Å²) >= 11 is 0. The number of esters is 1. The van der Waals surface area contributed by atoms with Gasteiger partial charge >= 0.3 is 5.97 Å². The fraction of sp³-hybridized carbons (Fsp3) is 0.882. The zero-order chi connectivity index (χ0) is 38.5. The summed E-state index contributed by atoms with van der Waals surface area (Å²) in [5, 5.41) is 21.7. The zero-order valence-electron chi connectivity index (χ0n) is 33.4. The van der Waals surface area contributed by atoms with Crippen LogP contribution in [0.25, 0.3) is 0 Å². The molecule has 53 heavy (non-hydrogen) atoms. The van der Waals surface area contributed by atoms with Crippen molar-refractivity contribution in [2.45, 2.75) is 161 Å². The maximum Gasteiger partial charge on any atom is 0.303 e. The summed E-state index contributed by atoms with van der Waals surface area (Å²) < 4.78 is 42.9. The number of nitrogens with two attached hydrogens (primary N) is 1. The first kappa shape index (κ1) is 58.0. The fourth-order valence-corrected chi connectivity index (χ4v) is 6.36. The number of hydrogen-bond acceptors (Lipinski definition) is 14. The molecule has 0 aliphatic carbocycles. The van der Waals surface area contributed by atoms with E-state index in [1.54, 1.807) is 28.1 Å². The molecule has 3 saturated heterocycles. The van der Waals surface area contributed by atoms with Crippen LogP contribution in [0.2, 0.25) is 0 Å². The van der Waals surface area contributed by atoms with Crippen molar-refractivity contribution in [1.82, 2.24) is 5.32 Å². The molecule has 5 unspecified atom stereocenters. The van der Waals surface area contributed by atoms with Gasteiger partial charge in [0.2, 0.25) is 12.2 Å². The van der Waals surface area contributed by atoms with Crippen molar-refractivity contribution in [3.05, 3.63) is 0 Å². The minimum absolute atomic E-state index is 0. The number of ether oxygens (including phenoxy) is 8. The maximum absolute atomic E-state index is 11.8. The predicted molar refractivity (Wildman–Crippen MR) is 183 cm³/mol. The van der Waals surface area contributed by atoms with Crippen molar-refractivity contribution in [3.63, 3.8) is 0 Å². The van der Waals surface area contributed by atoms with E-state index in [0.29, 0.717) is 12.3 Å². The van der Waals surface area contributed by atoms with Gasteiger partial charge in [-0.15, -0.1) is 0 Å². The van der Waals surface area contributed by atoms with E-state index >= 15 is 0 Å². The number of aliphatic hydroxyl groups is 2. The molecule has 0 saturated carbocycles. The van der Waals surface area contributed by atoms with E-state index in [2.05, 4.69) is 10.3 Å². The summed E-state index contributed by atoms with van der Waals surface area (Å²) in [6.07, 6.45) is -4.11. The number of carbonyl (C=O) groups excluding carboxylic acids is 3. The van der Waals surface area contributed by atoms with Crippen LogP contribution in [0.3, 0.4) is 0 Å². The van der Waals surface area contributed by atoms with Crippen molar-refractivity contribution in [1.29, 1.82) is 0 Å². The monoisotopic (exact) mass is 1440 g/mol.